The largest absolute Gasteiger partial charge is 0.325 e. The minimum Gasteiger partial charge on any atom is -0.325 e. The number of aromatic nitrogens is 2. The van der Waals surface area contributed by atoms with Crippen LogP contribution < -0.4 is 5.56 Å². The minimum atomic E-state index is -0.140. The molecule has 2 aliphatic rings. The molecule has 3 heteroatoms. The number of allylic oxidation sites excluding steroid dienone is 1. The Morgan fingerprint density at radius 3 is 2.68 bits per heavy atom. The summed E-state index contributed by atoms with van der Waals surface area (Å²) in [5.41, 5.74) is 8.61. The number of hydrogen-bond donors (Lipinski definition) is 0. The van der Waals surface area contributed by atoms with Crippen molar-refractivity contribution < 1.29 is 0 Å². The molecular formula is C25H18N2O. The van der Waals surface area contributed by atoms with Crippen molar-refractivity contribution in [3.05, 3.63) is 99.6 Å². The monoisotopic (exact) mass is 362 g/mol. The molecule has 1 aliphatic carbocycles. The number of rotatable bonds is 1. The normalized spacial score (nSPS) is 15.6. The minimum absolute atomic E-state index is 0.140. The van der Waals surface area contributed by atoms with Gasteiger partial charge in [-0.05, 0) is 64.4 Å². The number of fused-ring (bicyclic) bond motifs is 6. The lowest BCUT2D eigenvalue weighted by Crippen LogP contribution is -2.14. The summed E-state index contributed by atoms with van der Waals surface area (Å²) in [6.45, 7) is 0.866. The Morgan fingerprint density at radius 1 is 0.893 bits per heavy atom. The Morgan fingerprint density at radius 2 is 1.71 bits per heavy atom. The van der Waals surface area contributed by atoms with E-state index in [2.05, 4.69) is 58.1 Å². The van der Waals surface area contributed by atoms with Gasteiger partial charge < -0.3 is 4.57 Å². The highest BCUT2D eigenvalue weighted by Gasteiger charge is 2.21. The van der Waals surface area contributed by atoms with Gasteiger partial charge in [-0.2, -0.15) is 4.98 Å². The first kappa shape index (κ1) is 15.6. The Hall–Kier alpha value is -3.46. The van der Waals surface area contributed by atoms with Crippen LogP contribution >= 0.6 is 0 Å². The van der Waals surface area contributed by atoms with E-state index in [1.807, 2.05) is 24.3 Å². The molecule has 0 radical (unpaired) electrons. The molecule has 0 atom stereocenters. The van der Waals surface area contributed by atoms with Gasteiger partial charge in [0.2, 0.25) is 0 Å². The SMILES string of the molecule is O=c1nc2n(c3ccccc13)CC/C2=C\c1ccc2c(c1)Cc1ccccc1-2. The van der Waals surface area contributed by atoms with E-state index in [4.69, 9.17) is 0 Å². The molecule has 4 aromatic rings. The Balaban J connectivity index is 1.45. The number of para-hydroxylation sites is 1. The van der Waals surface area contributed by atoms with E-state index in [9.17, 15) is 4.79 Å². The lowest BCUT2D eigenvalue weighted by Gasteiger charge is -2.07. The highest BCUT2D eigenvalue weighted by atomic mass is 16.1. The van der Waals surface area contributed by atoms with Crippen molar-refractivity contribution in [1.82, 2.24) is 9.55 Å². The fourth-order valence-electron chi connectivity index (χ4n) is 4.63. The topological polar surface area (TPSA) is 34.9 Å². The Labute approximate surface area is 162 Å². The predicted octanol–water partition coefficient (Wildman–Crippen LogP) is 4.91. The fraction of sp³-hybridized carbons (Fsp3) is 0.120. The highest BCUT2D eigenvalue weighted by Crippen LogP contribution is 2.37. The van der Waals surface area contributed by atoms with Gasteiger partial charge in [-0.3, -0.25) is 4.79 Å². The zero-order valence-electron chi connectivity index (χ0n) is 15.4. The average Bonchev–Trinajstić information content (AvgIpc) is 3.29. The lowest BCUT2D eigenvalue weighted by atomic mass is 10.0. The maximum Gasteiger partial charge on any atom is 0.281 e. The van der Waals surface area contributed by atoms with Gasteiger partial charge in [0.1, 0.15) is 5.82 Å². The van der Waals surface area contributed by atoms with Crippen LogP contribution in [0.15, 0.2) is 71.5 Å². The van der Waals surface area contributed by atoms with Gasteiger partial charge in [0.15, 0.2) is 0 Å². The van der Waals surface area contributed by atoms with Crippen LogP contribution in [0.4, 0.5) is 0 Å². The molecule has 134 valence electrons. The summed E-state index contributed by atoms with van der Waals surface area (Å²) in [6.07, 6.45) is 4.09. The van der Waals surface area contributed by atoms with E-state index in [-0.39, 0.29) is 5.56 Å². The summed E-state index contributed by atoms with van der Waals surface area (Å²) in [5.74, 6) is 0.812. The molecule has 0 saturated heterocycles. The zero-order valence-corrected chi connectivity index (χ0v) is 15.4. The summed E-state index contributed by atoms with van der Waals surface area (Å²) in [7, 11) is 0. The fourth-order valence-corrected chi connectivity index (χ4v) is 4.63. The maximum atomic E-state index is 12.5. The van der Waals surface area contributed by atoms with E-state index in [0.29, 0.717) is 5.39 Å². The van der Waals surface area contributed by atoms with Gasteiger partial charge in [0.25, 0.3) is 5.56 Å². The number of benzene rings is 3. The van der Waals surface area contributed by atoms with Crippen molar-refractivity contribution in [2.75, 3.05) is 0 Å². The summed E-state index contributed by atoms with van der Waals surface area (Å²) < 4.78 is 2.17. The molecule has 6 rings (SSSR count). The molecule has 0 saturated carbocycles. The first-order valence-electron chi connectivity index (χ1n) is 9.70. The third-order valence-electron chi connectivity index (χ3n) is 5.94. The predicted molar refractivity (Wildman–Crippen MR) is 113 cm³/mol. The van der Waals surface area contributed by atoms with Crippen LogP contribution in [0, 0.1) is 0 Å². The van der Waals surface area contributed by atoms with Gasteiger partial charge in [-0.15, -0.1) is 0 Å². The van der Waals surface area contributed by atoms with Crippen LogP contribution in [0.25, 0.3) is 33.7 Å². The average molecular weight is 362 g/mol. The molecule has 3 aromatic carbocycles. The molecule has 2 heterocycles. The second-order valence-electron chi connectivity index (χ2n) is 7.58. The molecule has 0 amide bonds. The molecule has 0 N–H and O–H groups in total. The van der Waals surface area contributed by atoms with Crippen LogP contribution in [-0.2, 0) is 13.0 Å². The van der Waals surface area contributed by atoms with Gasteiger partial charge in [0, 0.05) is 6.54 Å². The number of nitrogens with zero attached hydrogens (tertiary/aromatic N) is 2. The van der Waals surface area contributed by atoms with Crippen molar-refractivity contribution in [1.29, 1.82) is 0 Å². The van der Waals surface area contributed by atoms with E-state index >= 15 is 0 Å². The Kier molecular flexibility index (Phi) is 3.21. The number of aryl methyl sites for hydroxylation is 1. The first-order valence-corrected chi connectivity index (χ1v) is 9.70. The molecule has 0 bridgehead atoms. The molecule has 1 aromatic heterocycles. The molecule has 0 spiro atoms. The van der Waals surface area contributed by atoms with Crippen molar-refractivity contribution in [2.24, 2.45) is 0 Å². The van der Waals surface area contributed by atoms with Gasteiger partial charge in [0.05, 0.1) is 10.9 Å². The third-order valence-corrected chi connectivity index (χ3v) is 5.94. The lowest BCUT2D eigenvalue weighted by molar-refractivity contribution is 0.772. The Bertz CT molecular complexity index is 1360. The summed E-state index contributed by atoms with van der Waals surface area (Å²) >= 11 is 0. The summed E-state index contributed by atoms with van der Waals surface area (Å²) in [4.78, 5) is 16.9. The van der Waals surface area contributed by atoms with E-state index < -0.39 is 0 Å². The van der Waals surface area contributed by atoms with Gasteiger partial charge in [-0.1, -0.05) is 54.6 Å². The van der Waals surface area contributed by atoms with E-state index in [0.717, 1.165) is 36.3 Å². The second kappa shape index (κ2) is 5.77. The molecule has 28 heavy (non-hydrogen) atoms. The van der Waals surface area contributed by atoms with E-state index in [1.165, 1.54) is 27.8 Å². The summed E-state index contributed by atoms with van der Waals surface area (Å²) in [5, 5.41) is 0.697. The van der Waals surface area contributed by atoms with Crippen molar-refractivity contribution in [2.45, 2.75) is 19.4 Å². The molecular weight excluding hydrogens is 344 g/mol. The zero-order chi connectivity index (χ0) is 18.7. The second-order valence-corrected chi connectivity index (χ2v) is 7.58. The number of hydrogen-bond acceptors (Lipinski definition) is 2. The third kappa shape index (κ3) is 2.23. The van der Waals surface area contributed by atoms with Crippen LogP contribution in [-0.4, -0.2) is 9.55 Å². The molecule has 3 nitrogen and oxygen atoms in total. The van der Waals surface area contributed by atoms with Crippen LogP contribution in [0.2, 0.25) is 0 Å². The quantitative estimate of drug-likeness (QED) is 0.425. The molecule has 1 aliphatic heterocycles. The highest BCUT2D eigenvalue weighted by molar-refractivity contribution is 5.87. The maximum absolute atomic E-state index is 12.5. The van der Waals surface area contributed by atoms with Crippen LogP contribution in [0.5, 0.6) is 0 Å². The van der Waals surface area contributed by atoms with Crippen molar-refractivity contribution >= 4 is 22.6 Å². The van der Waals surface area contributed by atoms with Crippen LogP contribution in [0.3, 0.4) is 0 Å². The molecule has 0 unspecified atom stereocenters. The summed E-state index contributed by atoms with van der Waals surface area (Å²) in [6, 6.07) is 23.1. The first-order chi connectivity index (χ1) is 13.8. The smallest absolute Gasteiger partial charge is 0.281 e. The van der Waals surface area contributed by atoms with Gasteiger partial charge >= 0.3 is 0 Å². The van der Waals surface area contributed by atoms with Crippen LogP contribution in [0.1, 0.15) is 28.9 Å². The molecule has 0 fully saturated rings. The van der Waals surface area contributed by atoms with E-state index in [1.54, 1.807) is 0 Å². The van der Waals surface area contributed by atoms with Crippen molar-refractivity contribution in [3.8, 4) is 11.1 Å². The van der Waals surface area contributed by atoms with Gasteiger partial charge in [-0.25, -0.2) is 0 Å². The standard InChI is InChI=1S/C25H18N2O/c28-25-22-7-3-4-8-23(22)27-12-11-18(24(27)26-25)13-16-9-10-21-19(14-16)15-17-5-1-2-6-20(17)21/h1-10,13-14H,11-12,15H2/b18-13+. The van der Waals surface area contributed by atoms with Crippen molar-refractivity contribution in [3.63, 3.8) is 0 Å².